The van der Waals surface area contributed by atoms with Gasteiger partial charge in [-0.05, 0) is 94.5 Å². The van der Waals surface area contributed by atoms with Gasteiger partial charge in [-0.1, -0.05) is 29.3 Å². The van der Waals surface area contributed by atoms with Crippen LogP contribution in [0.15, 0.2) is 48.8 Å². The van der Waals surface area contributed by atoms with Gasteiger partial charge in [0, 0.05) is 64.0 Å². The van der Waals surface area contributed by atoms with Gasteiger partial charge in [0.25, 0.3) is 5.91 Å². The first-order valence-corrected chi connectivity index (χ1v) is 17.4. The summed E-state index contributed by atoms with van der Waals surface area (Å²) in [5.74, 6) is -0.713. The molecule has 1 unspecified atom stereocenters. The van der Waals surface area contributed by atoms with Crippen LogP contribution in [0, 0.1) is 27.7 Å². The number of amides is 1. The average molecular weight is 727 g/mol. The summed E-state index contributed by atoms with van der Waals surface area (Å²) in [6.07, 6.45) is 2.66. The summed E-state index contributed by atoms with van der Waals surface area (Å²) in [5.41, 5.74) is 8.19. The minimum atomic E-state index is -1.11. The molecule has 3 aromatic heterocycles. The Kier molecular flexibility index (Phi) is 8.71. The highest BCUT2D eigenvalue weighted by atomic mass is 35.5. The van der Waals surface area contributed by atoms with Crippen LogP contribution in [-0.2, 0) is 13.5 Å². The Morgan fingerprint density at radius 3 is 2.33 bits per heavy atom. The third-order valence-corrected chi connectivity index (χ3v) is 10.8. The quantitative estimate of drug-likeness (QED) is 0.150. The second-order valence-electron chi connectivity index (χ2n) is 13.3. The smallest absolute Gasteiger partial charge is 0.352 e. The summed E-state index contributed by atoms with van der Waals surface area (Å²) >= 11 is 13.4. The highest BCUT2D eigenvalue weighted by molar-refractivity contribution is 6.35. The van der Waals surface area contributed by atoms with E-state index in [9.17, 15) is 19.8 Å². The summed E-state index contributed by atoms with van der Waals surface area (Å²) in [6.45, 7) is 10.4. The van der Waals surface area contributed by atoms with Crippen LogP contribution in [0.5, 0.6) is 11.5 Å². The lowest BCUT2D eigenvalue weighted by atomic mass is 9.97. The first-order chi connectivity index (χ1) is 24.3. The highest BCUT2D eigenvalue weighted by Gasteiger charge is 2.38. The first-order valence-electron chi connectivity index (χ1n) is 16.7. The van der Waals surface area contributed by atoms with Gasteiger partial charge in [0.1, 0.15) is 29.2 Å². The molecule has 0 saturated heterocycles. The average Bonchev–Trinajstić information content (AvgIpc) is 3.59. The van der Waals surface area contributed by atoms with Crippen molar-refractivity contribution in [3.8, 4) is 22.6 Å². The Hall–Kier alpha value is -5.06. The number of carboxylic acids is 1. The number of hydrogen-bond donors (Lipinski definition) is 2. The second-order valence-corrected chi connectivity index (χ2v) is 14.1. The second kappa shape index (κ2) is 12.9. The molecule has 6 aromatic rings. The Bertz CT molecular complexity index is 2390. The summed E-state index contributed by atoms with van der Waals surface area (Å²) in [6, 6.07) is 12.0. The van der Waals surface area contributed by atoms with E-state index in [1.54, 1.807) is 16.5 Å². The van der Waals surface area contributed by atoms with Gasteiger partial charge in [0.15, 0.2) is 0 Å². The Labute approximate surface area is 304 Å². The minimum absolute atomic E-state index is 0.0466. The minimum Gasteiger partial charge on any atom is -0.508 e. The van der Waals surface area contributed by atoms with Crippen LogP contribution in [0.25, 0.3) is 32.9 Å². The molecule has 262 valence electrons. The van der Waals surface area contributed by atoms with E-state index in [0.717, 1.165) is 55.9 Å². The van der Waals surface area contributed by atoms with Gasteiger partial charge in [-0.15, -0.1) is 0 Å². The number of carboxylic acid groups (broad SMARTS) is 1. The number of nitrogens with zero attached hydrogens (tertiary/aromatic N) is 5. The summed E-state index contributed by atoms with van der Waals surface area (Å²) in [7, 11) is 1.65. The molecule has 0 bridgehead atoms. The third-order valence-electron chi connectivity index (χ3n) is 9.88. The van der Waals surface area contributed by atoms with E-state index in [1.165, 1.54) is 24.5 Å². The number of anilines is 1. The van der Waals surface area contributed by atoms with Gasteiger partial charge in [0.2, 0.25) is 0 Å². The fourth-order valence-electron chi connectivity index (χ4n) is 7.63. The predicted octanol–water partition coefficient (Wildman–Crippen LogP) is 8.77. The van der Waals surface area contributed by atoms with Gasteiger partial charge in [-0.2, -0.15) is 0 Å². The largest absolute Gasteiger partial charge is 0.508 e. The van der Waals surface area contributed by atoms with Crippen molar-refractivity contribution in [3.05, 3.63) is 98.3 Å². The number of carbonyl (C=O) groups excluding carboxylic acids is 1. The number of halogens is 2. The number of rotatable bonds is 8. The van der Waals surface area contributed by atoms with Crippen LogP contribution >= 0.6 is 23.2 Å². The molecular weight excluding hydrogens is 689 g/mol. The number of aromatic hydroxyl groups is 1. The molecule has 4 heterocycles. The van der Waals surface area contributed by atoms with E-state index < -0.39 is 5.97 Å². The number of carbonyl (C=O) groups is 2. The van der Waals surface area contributed by atoms with Crippen LogP contribution in [-0.4, -0.2) is 54.3 Å². The number of fused-ring (bicyclic) bond motifs is 4. The number of phenols is 1. The lowest BCUT2D eigenvalue weighted by Gasteiger charge is -2.35. The fourth-order valence-corrected chi connectivity index (χ4v) is 7.99. The first kappa shape index (κ1) is 34.4. The number of ether oxygens (including phenoxy) is 1. The summed E-state index contributed by atoms with van der Waals surface area (Å²) < 4.78 is 9.81. The van der Waals surface area contributed by atoms with Crippen molar-refractivity contribution in [2.45, 2.75) is 53.5 Å². The molecule has 1 amide bonds. The predicted molar refractivity (Wildman–Crippen MR) is 200 cm³/mol. The zero-order valence-corrected chi connectivity index (χ0v) is 30.6. The molecule has 12 heteroatoms. The normalized spacial score (nSPS) is 14.5. The lowest BCUT2D eigenvalue weighted by molar-refractivity contribution is 0.0687. The van der Waals surface area contributed by atoms with Crippen molar-refractivity contribution in [1.82, 2.24) is 19.1 Å². The number of aromatic nitrogens is 4. The summed E-state index contributed by atoms with van der Waals surface area (Å²) in [4.78, 5) is 37.7. The van der Waals surface area contributed by atoms with Gasteiger partial charge in [-0.25, -0.2) is 14.8 Å². The summed E-state index contributed by atoms with van der Waals surface area (Å²) in [5, 5.41) is 23.3. The molecule has 7 rings (SSSR count). The van der Waals surface area contributed by atoms with E-state index in [2.05, 4.69) is 14.5 Å². The van der Waals surface area contributed by atoms with E-state index in [-0.39, 0.29) is 29.9 Å². The number of hydrogen-bond acceptors (Lipinski definition) is 6. The van der Waals surface area contributed by atoms with Gasteiger partial charge in [0.05, 0.1) is 28.4 Å². The molecule has 0 radical (unpaired) electrons. The highest BCUT2D eigenvalue weighted by Crippen LogP contribution is 2.45. The van der Waals surface area contributed by atoms with Crippen molar-refractivity contribution >= 4 is 62.6 Å². The van der Waals surface area contributed by atoms with Crippen molar-refractivity contribution < 1.29 is 24.5 Å². The zero-order chi connectivity index (χ0) is 36.5. The van der Waals surface area contributed by atoms with Crippen molar-refractivity contribution in [2.24, 2.45) is 7.05 Å². The molecule has 1 aliphatic heterocycles. The monoisotopic (exact) mass is 725 g/mol. The van der Waals surface area contributed by atoms with Crippen LogP contribution in [0.4, 0.5) is 5.69 Å². The topological polar surface area (TPSA) is 123 Å². The van der Waals surface area contributed by atoms with Gasteiger partial charge >= 0.3 is 5.97 Å². The van der Waals surface area contributed by atoms with Crippen LogP contribution in [0.3, 0.4) is 0 Å². The lowest BCUT2D eigenvalue weighted by Crippen LogP contribution is -2.43. The van der Waals surface area contributed by atoms with Crippen LogP contribution in [0.1, 0.15) is 68.4 Å². The fraction of sp³-hybridized carbons (Fsp3) is 0.282. The van der Waals surface area contributed by atoms with Crippen molar-refractivity contribution in [2.75, 3.05) is 18.1 Å². The standard InChI is InChI=1S/C39H37Cl2N5O5/c1-19-12-26(13-20(2)34(19)41)51-11-7-8-27-28-9-10-29(40)33(32-22(4)42-18-43-23(32)5)36(28)46-21(3)17-45(38(48)37(27)46)30-16-25(47)14-24-15-31(39(49)50)44(6)35(24)30/h9-10,12-16,18,21,47H,7-8,11,17H2,1-6H3,(H,49,50). The molecule has 0 aliphatic carbocycles. The molecule has 0 saturated carbocycles. The molecule has 0 fully saturated rings. The Morgan fingerprint density at radius 1 is 0.980 bits per heavy atom. The van der Waals surface area contributed by atoms with E-state index >= 15 is 0 Å². The zero-order valence-electron chi connectivity index (χ0n) is 29.1. The van der Waals surface area contributed by atoms with E-state index in [1.807, 2.05) is 58.9 Å². The van der Waals surface area contributed by atoms with Crippen LogP contribution in [0.2, 0.25) is 10.0 Å². The van der Waals surface area contributed by atoms with Crippen molar-refractivity contribution in [3.63, 3.8) is 0 Å². The number of phenolic OH excluding ortho intramolecular Hbond substituents is 1. The molecular formula is C39H37Cl2N5O5. The number of benzene rings is 3. The van der Waals surface area contributed by atoms with Gasteiger partial charge < -0.3 is 29.0 Å². The number of aryl methyl sites for hydroxylation is 6. The number of aromatic carboxylic acids is 1. The molecule has 10 nitrogen and oxygen atoms in total. The van der Waals surface area contributed by atoms with E-state index in [4.69, 9.17) is 27.9 Å². The SMILES string of the molecule is Cc1cc(OCCCc2c3n(c4c(-c5c(C)ncnc5C)c(Cl)ccc24)C(C)CN(c2cc(O)cc4cc(C(=O)O)n(C)c24)C3=O)cc(C)c1Cl. The molecule has 51 heavy (non-hydrogen) atoms. The molecule has 1 aliphatic rings. The van der Waals surface area contributed by atoms with Crippen LogP contribution < -0.4 is 9.64 Å². The maximum atomic E-state index is 15.0. The molecule has 2 N–H and O–H groups in total. The maximum Gasteiger partial charge on any atom is 0.352 e. The third kappa shape index (κ3) is 5.67. The maximum absolute atomic E-state index is 15.0. The molecule has 1 atom stereocenters. The Balaban J connectivity index is 1.40. The molecule has 0 spiro atoms. The Morgan fingerprint density at radius 2 is 1.67 bits per heavy atom. The van der Waals surface area contributed by atoms with Crippen molar-refractivity contribution in [1.29, 1.82) is 0 Å². The van der Waals surface area contributed by atoms with Gasteiger partial charge in [-0.3, -0.25) is 4.79 Å². The molecule has 3 aromatic carbocycles. The van der Waals surface area contributed by atoms with E-state index in [0.29, 0.717) is 51.8 Å².